The number of halogens is 1. The van der Waals surface area contributed by atoms with E-state index in [4.69, 9.17) is 0 Å². The van der Waals surface area contributed by atoms with Crippen molar-refractivity contribution in [2.75, 3.05) is 6.61 Å². The average molecular weight is 394 g/mol. The third-order valence-electron chi connectivity index (χ3n) is 8.43. The van der Waals surface area contributed by atoms with Gasteiger partial charge in [0.15, 0.2) is 22.8 Å². The molecule has 0 saturated heterocycles. The van der Waals surface area contributed by atoms with E-state index in [2.05, 4.69) is 0 Å². The minimum Gasteiger partial charge on any atom is -0.390 e. The van der Waals surface area contributed by atoms with Gasteiger partial charge in [0.25, 0.3) is 0 Å². The summed E-state index contributed by atoms with van der Waals surface area (Å²) in [6, 6.07) is 0. The first kappa shape index (κ1) is 19.9. The van der Waals surface area contributed by atoms with Crippen molar-refractivity contribution in [3.05, 3.63) is 23.8 Å². The standard InChI is InChI=1S/C21H27FO6/c1-18-6-5-12(24)7-11(18)3-4-13-14-8-15(25)21(28,17(27)10-23)19(14,2)9-16(26)20(13,18)22/h5-7,13-16,23,25-26,28H,3-4,8-10H2,1-2H3/t13-,14-,15+,16-,18?,19-,20-,21-/m0/s1. The second-order valence-electron chi connectivity index (χ2n) is 9.36. The number of allylic oxidation sites excluding steroid dienone is 4. The SMILES string of the molecule is CC12C=CC(=O)C=C1CC[C@H]1[C@@H]3C[C@@H](O)[C@](O)(C(=O)CO)[C@@]3(C)C[C@H](O)[C@@]12F. The van der Waals surface area contributed by atoms with Crippen molar-refractivity contribution in [3.63, 3.8) is 0 Å². The molecule has 0 amide bonds. The number of aliphatic hydroxyl groups excluding tert-OH is 3. The van der Waals surface area contributed by atoms with E-state index in [1.54, 1.807) is 13.8 Å². The number of carbonyl (C=O) groups is 2. The van der Waals surface area contributed by atoms with Gasteiger partial charge in [-0.2, -0.15) is 0 Å². The highest BCUT2D eigenvalue weighted by molar-refractivity contribution is 6.01. The average Bonchev–Trinajstić information content (AvgIpc) is 2.84. The second kappa shape index (κ2) is 5.81. The maximum atomic E-state index is 16.8. The van der Waals surface area contributed by atoms with Crippen LogP contribution < -0.4 is 0 Å². The van der Waals surface area contributed by atoms with E-state index in [1.807, 2.05) is 0 Å². The van der Waals surface area contributed by atoms with Crippen molar-refractivity contribution in [2.45, 2.75) is 63.0 Å². The minimum absolute atomic E-state index is 0.0135. The molecule has 4 N–H and O–H groups in total. The Morgan fingerprint density at radius 1 is 1.25 bits per heavy atom. The predicted molar refractivity (Wildman–Crippen MR) is 96.8 cm³/mol. The van der Waals surface area contributed by atoms with Gasteiger partial charge in [-0.3, -0.25) is 9.59 Å². The van der Waals surface area contributed by atoms with Gasteiger partial charge in [0, 0.05) is 16.7 Å². The number of Topliss-reactive ketones (excluding diaryl/α,β-unsaturated/α-hetero) is 1. The van der Waals surface area contributed by atoms with Crippen LogP contribution in [0.4, 0.5) is 4.39 Å². The summed E-state index contributed by atoms with van der Waals surface area (Å²) in [7, 11) is 0. The molecule has 0 aliphatic heterocycles. The summed E-state index contributed by atoms with van der Waals surface area (Å²) in [6.45, 7) is 2.33. The lowest BCUT2D eigenvalue weighted by atomic mass is 9.44. The number of fused-ring (bicyclic) bond motifs is 5. The fourth-order valence-electron chi connectivity index (χ4n) is 6.85. The Hall–Kier alpha value is -1.41. The molecule has 6 nitrogen and oxygen atoms in total. The van der Waals surface area contributed by atoms with E-state index in [9.17, 15) is 30.0 Å². The van der Waals surface area contributed by atoms with Gasteiger partial charge < -0.3 is 20.4 Å². The zero-order chi connectivity index (χ0) is 20.7. The van der Waals surface area contributed by atoms with Crippen LogP contribution in [0.25, 0.3) is 0 Å². The molecule has 28 heavy (non-hydrogen) atoms. The molecule has 0 radical (unpaired) electrons. The summed E-state index contributed by atoms with van der Waals surface area (Å²) >= 11 is 0. The number of carbonyl (C=O) groups excluding carboxylic acids is 2. The summed E-state index contributed by atoms with van der Waals surface area (Å²) in [5.41, 5.74) is -6.12. The Morgan fingerprint density at radius 2 is 1.93 bits per heavy atom. The highest BCUT2D eigenvalue weighted by atomic mass is 19.1. The molecule has 3 saturated carbocycles. The Bertz CT molecular complexity index is 807. The first-order valence-electron chi connectivity index (χ1n) is 9.82. The van der Waals surface area contributed by atoms with Gasteiger partial charge >= 0.3 is 0 Å². The lowest BCUT2D eigenvalue weighted by molar-refractivity contribution is -0.222. The first-order valence-corrected chi connectivity index (χ1v) is 9.82. The van der Waals surface area contributed by atoms with Gasteiger partial charge in [-0.25, -0.2) is 4.39 Å². The van der Waals surface area contributed by atoms with E-state index in [0.29, 0.717) is 18.4 Å². The number of hydrogen-bond donors (Lipinski definition) is 4. The van der Waals surface area contributed by atoms with Crippen LogP contribution in [-0.4, -0.2) is 62.1 Å². The molecule has 1 unspecified atom stereocenters. The molecule has 0 aromatic heterocycles. The molecule has 8 atom stereocenters. The largest absolute Gasteiger partial charge is 0.390 e. The zero-order valence-corrected chi connectivity index (χ0v) is 16.1. The summed E-state index contributed by atoms with van der Waals surface area (Å²) < 4.78 is 16.8. The molecule has 7 heteroatoms. The number of ketones is 2. The van der Waals surface area contributed by atoms with Gasteiger partial charge in [-0.1, -0.05) is 18.6 Å². The van der Waals surface area contributed by atoms with Crippen molar-refractivity contribution < 1.29 is 34.4 Å². The Morgan fingerprint density at radius 3 is 2.57 bits per heavy atom. The van der Waals surface area contributed by atoms with Crippen LogP contribution in [-0.2, 0) is 9.59 Å². The van der Waals surface area contributed by atoms with E-state index in [0.717, 1.165) is 0 Å². The normalized spacial score (nSPS) is 52.5. The molecule has 4 rings (SSSR count). The van der Waals surface area contributed by atoms with Crippen LogP contribution >= 0.6 is 0 Å². The monoisotopic (exact) mass is 394 g/mol. The number of hydrogen-bond acceptors (Lipinski definition) is 6. The maximum absolute atomic E-state index is 16.8. The van der Waals surface area contributed by atoms with E-state index in [1.165, 1.54) is 18.2 Å². The highest BCUT2D eigenvalue weighted by Gasteiger charge is 2.76. The number of aliphatic hydroxyl groups is 4. The number of rotatable bonds is 2. The molecule has 0 aromatic rings. The lowest BCUT2D eigenvalue weighted by Gasteiger charge is -2.62. The molecule has 3 fully saturated rings. The molecule has 0 spiro atoms. The maximum Gasteiger partial charge on any atom is 0.192 e. The fourth-order valence-corrected chi connectivity index (χ4v) is 6.85. The lowest BCUT2D eigenvalue weighted by Crippen LogP contribution is -2.69. The summed E-state index contributed by atoms with van der Waals surface area (Å²) in [4.78, 5) is 24.2. The predicted octanol–water partition coefficient (Wildman–Crippen LogP) is 0.620. The van der Waals surface area contributed by atoms with Crippen LogP contribution in [0.1, 0.15) is 39.5 Å². The van der Waals surface area contributed by atoms with Gasteiger partial charge in [0.05, 0.1) is 12.2 Å². The van der Waals surface area contributed by atoms with Gasteiger partial charge in [0.1, 0.15) is 6.61 Å². The van der Waals surface area contributed by atoms with Crippen molar-refractivity contribution in [1.82, 2.24) is 0 Å². The van der Waals surface area contributed by atoms with Gasteiger partial charge in [0.2, 0.25) is 0 Å². The molecule has 4 aliphatic carbocycles. The minimum atomic E-state index is -2.23. The van der Waals surface area contributed by atoms with E-state index >= 15 is 4.39 Å². The topological polar surface area (TPSA) is 115 Å². The van der Waals surface area contributed by atoms with E-state index < -0.39 is 58.5 Å². The summed E-state index contributed by atoms with van der Waals surface area (Å²) in [6.07, 6.45) is 1.93. The fraction of sp³-hybridized carbons (Fsp3) is 0.714. The third-order valence-corrected chi connectivity index (χ3v) is 8.43. The second-order valence-corrected chi connectivity index (χ2v) is 9.36. The van der Waals surface area contributed by atoms with Crippen molar-refractivity contribution in [3.8, 4) is 0 Å². The van der Waals surface area contributed by atoms with Gasteiger partial charge in [-0.05, 0) is 50.7 Å². The van der Waals surface area contributed by atoms with Crippen LogP contribution in [0.5, 0.6) is 0 Å². The molecule has 0 heterocycles. The van der Waals surface area contributed by atoms with Crippen molar-refractivity contribution >= 4 is 11.6 Å². The zero-order valence-electron chi connectivity index (χ0n) is 16.1. The van der Waals surface area contributed by atoms with Crippen LogP contribution in [0.15, 0.2) is 23.8 Å². The van der Waals surface area contributed by atoms with Crippen molar-refractivity contribution in [2.24, 2.45) is 22.7 Å². The molecule has 4 aliphatic rings. The molecule has 0 bridgehead atoms. The summed E-state index contributed by atoms with van der Waals surface area (Å²) in [5, 5.41) is 42.1. The molecular formula is C21H27FO6. The highest BCUT2D eigenvalue weighted by Crippen LogP contribution is 2.69. The first-order chi connectivity index (χ1) is 13.0. The van der Waals surface area contributed by atoms with Crippen LogP contribution in [0.3, 0.4) is 0 Å². The van der Waals surface area contributed by atoms with Gasteiger partial charge in [-0.15, -0.1) is 0 Å². The molecule has 0 aromatic carbocycles. The van der Waals surface area contributed by atoms with Crippen LogP contribution in [0.2, 0.25) is 0 Å². The third kappa shape index (κ3) is 2.01. The Kier molecular flexibility index (Phi) is 4.13. The molecule has 154 valence electrons. The molecular weight excluding hydrogens is 367 g/mol. The summed E-state index contributed by atoms with van der Waals surface area (Å²) in [5.74, 6) is -2.38. The number of alkyl halides is 1. The Labute approximate surface area is 162 Å². The smallest absolute Gasteiger partial charge is 0.192 e. The quantitative estimate of drug-likeness (QED) is 0.546. The van der Waals surface area contributed by atoms with Crippen LogP contribution in [0, 0.1) is 22.7 Å². The Balaban J connectivity index is 1.84. The van der Waals surface area contributed by atoms with Crippen molar-refractivity contribution in [1.29, 1.82) is 0 Å². The van der Waals surface area contributed by atoms with E-state index in [-0.39, 0.29) is 18.6 Å².